The van der Waals surface area contributed by atoms with Crippen LogP contribution in [0.25, 0.3) is 10.8 Å². The first-order valence-corrected chi connectivity index (χ1v) is 9.08. The molecule has 0 saturated carbocycles. The number of nitrogens with zero attached hydrogens (tertiary/aromatic N) is 3. The van der Waals surface area contributed by atoms with Crippen LogP contribution < -0.4 is 5.32 Å². The molecule has 3 heterocycles. The van der Waals surface area contributed by atoms with Crippen molar-refractivity contribution < 1.29 is 4.79 Å². The fourth-order valence-electron chi connectivity index (χ4n) is 3.46. The molecule has 1 aliphatic heterocycles. The van der Waals surface area contributed by atoms with Crippen molar-refractivity contribution in [2.24, 2.45) is 4.99 Å². The van der Waals surface area contributed by atoms with Crippen LogP contribution in [0, 0.1) is 0 Å². The van der Waals surface area contributed by atoms with Crippen LogP contribution in [0.15, 0.2) is 72.1 Å². The number of imidazole rings is 1. The van der Waals surface area contributed by atoms with Gasteiger partial charge in [0.15, 0.2) is 0 Å². The standard InChI is InChI=1S/C22H17N5O/c28-21(27-22-23-7-8-24-22)15-5-6-20-17(9-15)11-19(26-20)12-18-10-14-3-1-2-4-16(14)13-25-18/h1-10,13H,11-12H2,(H2,23,24,27,28). The van der Waals surface area contributed by atoms with Crippen molar-refractivity contribution in [3.8, 4) is 0 Å². The van der Waals surface area contributed by atoms with Crippen molar-refractivity contribution in [2.45, 2.75) is 12.8 Å². The molecule has 1 aliphatic rings. The van der Waals surface area contributed by atoms with Crippen LogP contribution in [-0.2, 0) is 12.8 Å². The molecule has 4 aromatic rings. The Morgan fingerprint density at radius 2 is 1.96 bits per heavy atom. The molecule has 2 N–H and O–H groups in total. The first kappa shape index (κ1) is 16.4. The molecule has 5 rings (SSSR count). The predicted octanol–water partition coefficient (Wildman–Crippen LogP) is 4.08. The molecular weight excluding hydrogens is 350 g/mol. The van der Waals surface area contributed by atoms with Crippen molar-refractivity contribution in [1.29, 1.82) is 0 Å². The average Bonchev–Trinajstić information content (AvgIpc) is 3.36. The molecule has 0 radical (unpaired) electrons. The highest BCUT2D eigenvalue weighted by Gasteiger charge is 2.18. The lowest BCUT2D eigenvalue weighted by molar-refractivity contribution is 0.102. The van der Waals surface area contributed by atoms with Gasteiger partial charge in [0.25, 0.3) is 5.91 Å². The fraction of sp³-hybridized carbons (Fsp3) is 0.0909. The van der Waals surface area contributed by atoms with Crippen LogP contribution in [0.2, 0.25) is 0 Å². The number of hydrogen-bond acceptors (Lipinski definition) is 4. The van der Waals surface area contributed by atoms with Crippen LogP contribution in [0.1, 0.15) is 21.6 Å². The first-order valence-electron chi connectivity index (χ1n) is 9.08. The molecule has 28 heavy (non-hydrogen) atoms. The largest absolute Gasteiger partial charge is 0.331 e. The molecule has 6 heteroatoms. The Labute approximate surface area is 161 Å². The summed E-state index contributed by atoms with van der Waals surface area (Å²) in [7, 11) is 0. The van der Waals surface area contributed by atoms with E-state index in [1.165, 1.54) is 5.39 Å². The van der Waals surface area contributed by atoms with Gasteiger partial charge in [-0.3, -0.25) is 20.1 Å². The minimum absolute atomic E-state index is 0.192. The SMILES string of the molecule is O=C(Nc1ncc[nH]1)c1ccc2c(c1)CC(Cc1cc3ccccc3cn1)=N2. The maximum Gasteiger partial charge on any atom is 0.257 e. The highest BCUT2D eigenvalue weighted by atomic mass is 16.1. The van der Waals surface area contributed by atoms with E-state index in [0.29, 0.717) is 17.9 Å². The van der Waals surface area contributed by atoms with E-state index in [9.17, 15) is 4.79 Å². The van der Waals surface area contributed by atoms with Crippen LogP contribution in [0.4, 0.5) is 11.6 Å². The van der Waals surface area contributed by atoms with Gasteiger partial charge < -0.3 is 4.98 Å². The molecule has 0 saturated heterocycles. The average molecular weight is 367 g/mol. The Hall–Kier alpha value is -3.80. The molecule has 1 amide bonds. The number of H-pyrrole nitrogens is 1. The third kappa shape index (κ3) is 3.16. The molecule has 0 unspecified atom stereocenters. The van der Waals surface area contributed by atoms with Gasteiger partial charge in [-0.05, 0) is 35.2 Å². The van der Waals surface area contributed by atoms with Crippen LogP contribution in [-0.4, -0.2) is 26.6 Å². The number of amides is 1. The number of nitrogens with one attached hydrogen (secondary N) is 2. The highest BCUT2D eigenvalue weighted by molar-refractivity contribution is 6.04. The molecule has 0 spiro atoms. The maximum atomic E-state index is 12.4. The predicted molar refractivity (Wildman–Crippen MR) is 109 cm³/mol. The Balaban J connectivity index is 1.32. The number of hydrogen-bond donors (Lipinski definition) is 2. The second-order valence-electron chi connectivity index (χ2n) is 6.79. The lowest BCUT2D eigenvalue weighted by atomic mass is 10.0. The van der Waals surface area contributed by atoms with E-state index in [1.54, 1.807) is 18.5 Å². The summed E-state index contributed by atoms with van der Waals surface area (Å²) in [6.45, 7) is 0. The number of pyridine rings is 1. The summed E-state index contributed by atoms with van der Waals surface area (Å²) < 4.78 is 0. The molecule has 0 atom stereocenters. The van der Waals surface area contributed by atoms with Crippen molar-refractivity contribution in [1.82, 2.24) is 15.0 Å². The van der Waals surface area contributed by atoms with Gasteiger partial charge >= 0.3 is 0 Å². The summed E-state index contributed by atoms with van der Waals surface area (Å²) in [5.41, 5.74) is 4.63. The summed E-state index contributed by atoms with van der Waals surface area (Å²) in [5, 5.41) is 5.06. The fourth-order valence-corrected chi connectivity index (χ4v) is 3.46. The molecule has 2 aromatic heterocycles. The van der Waals surface area contributed by atoms with E-state index in [0.717, 1.165) is 34.5 Å². The van der Waals surface area contributed by atoms with Crippen molar-refractivity contribution in [3.05, 3.63) is 83.9 Å². The van der Waals surface area contributed by atoms with E-state index in [2.05, 4.69) is 38.5 Å². The molecule has 6 nitrogen and oxygen atoms in total. The van der Waals surface area contributed by atoms with Crippen LogP contribution >= 0.6 is 0 Å². The zero-order valence-corrected chi connectivity index (χ0v) is 15.0. The van der Waals surface area contributed by atoms with Gasteiger partial charge in [0.05, 0.1) is 5.69 Å². The van der Waals surface area contributed by atoms with Gasteiger partial charge in [-0.1, -0.05) is 24.3 Å². The van der Waals surface area contributed by atoms with E-state index < -0.39 is 0 Å². The zero-order valence-electron chi connectivity index (χ0n) is 15.0. The maximum absolute atomic E-state index is 12.4. The summed E-state index contributed by atoms with van der Waals surface area (Å²) in [5.74, 6) is 0.243. The zero-order chi connectivity index (χ0) is 18.9. The third-order valence-corrected chi connectivity index (χ3v) is 4.82. The summed E-state index contributed by atoms with van der Waals surface area (Å²) in [4.78, 5) is 28.6. The number of aromatic amines is 1. The van der Waals surface area contributed by atoms with E-state index in [-0.39, 0.29) is 5.91 Å². The molecular formula is C22H17N5O. The summed E-state index contributed by atoms with van der Waals surface area (Å²) >= 11 is 0. The van der Waals surface area contributed by atoms with Gasteiger partial charge in [-0.25, -0.2) is 4.98 Å². The minimum Gasteiger partial charge on any atom is -0.331 e. The van der Waals surface area contributed by atoms with Crippen LogP contribution in [0.3, 0.4) is 0 Å². The number of carbonyl (C=O) groups is 1. The van der Waals surface area contributed by atoms with E-state index in [4.69, 9.17) is 4.99 Å². The smallest absolute Gasteiger partial charge is 0.257 e. The van der Waals surface area contributed by atoms with Crippen molar-refractivity contribution in [2.75, 3.05) is 5.32 Å². The number of fused-ring (bicyclic) bond motifs is 2. The summed E-state index contributed by atoms with van der Waals surface area (Å²) in [6, 6.07) is 15.9. The minimum atomic E-state index is -0.192. The quantitative estimate of drug-likeness (QED) is 0.570. The number of rotatable bonds is 4. The molecule has 0 aliphatic carbocycles. The second-order valence-corrected chi connectivity index (χ2v) is 6.79. The monoisotopic (exact) mass is 367 g/mol. The highest BCUT2D eigenvalue weighted by Crippen LogP contribution is 2.29. The van der Waals surface area contributed by atoms with Gasteiger partial charge in [0, 0.05) is 53.8 Å². The van der Waals surface area contributed by atoms with Crippen molar-refractivity contribution in [3.63, 3.8) is 0 Å². The lowest BCUT2D eigenvalue weighted by Gasteiger charge is -2.04. The number of carbonyl (C=O) groups excluding carboxylic acids is 1. The Morgan fingerprint density at radius 3 is 2.82 bits per heavy atom. The van der Waals surface area contributed by atoms with Gasteiger partial charge in [-0.15, -0.1) is 0 Å². The molecule has 2 aromatic carbocycles. The molecule has 0 fully saturated rings. The number of aromatic nitrogens is 3. The van der Waals surface area contributed by atoms with Crippen LogP contribution in [0.5, 0.6) is 0 Å². The van der Waals surface area contributed by atoms with E-state index >= 15 is 0 Å². The Bertz CT molecular complexity index is 1210. The molecule has 0 bridgehead atoms. The lowest BCUT2D eigenvalue weighted by Crippen LogP contribution is -2.13. The Kier molecular flexibility index (Phi) is 3.94. The Morgan fingerprint density at radius 1 is 1.07 bits per heavy atom. The third-order valence-electron chi connectivity index (χ3n) is 4.82. The number of aliphatic imine (C=N–C) groups is 1. The van der Waals surface area contributed by atoms with Crippen molar-refractivity contribution >= 4 is 34.0 Å². The second kappa shape index (κ2) is 6.74. The molecule has 136 valence electrons. The van der Waals surface area contributed by atoms with Gasteiger partial charge in [-0.2, -0.15) is 0 Å². The normalized spacial score (nSPS) is 12.6. The van der Waals surface area contributed by atoms with Gasteiger partial charge in [0.1, 0.15) is 0 Å². The number of anilines is 1. The van der Waals surface area contributed by atoms with E-state index in [1.807, 2.05) is 30.5 Å². The first-order chi connectivity index (χ1) is 13.7. The number of benzene rings is 2. The topological polar surface area (TPSA) is 83.0 Å². The van der Waals surface area contributed by atoms with Gasteiger partial charge in [0.2, 0.25) is 5.95 Å². The summed E-state index contributed by atoms with van der Waals surface area (Å²) in [6.07, 6.45) is 6.60.